The number of fused-ring (bicyclic) bond motifs is 1. The number of aliphatic carboxylic acids is 1. The fraction of sp³-hybridized carbons (Fsp3) is 0.611. The number of sulfonamides is 1. The number of hydrogen-bond donors (Lipinski definition) is 5. The predicted octanol–water partition coefficient (Wildman–Crippen LogP) is -2.05. The standard InChI is InChI=1S/C18H24N6O8S2/c1-6-12-11(7(2)25)16(27)24(12)13(17(28)29)14(6)33-8-3-9(20-4-8)15(26)21-5-10-22-23-18(32-10)34(19,30)31/h6-9,11-12,20,25H,3-5H2,1-2H3,(H,21,26)(H,28,29)(H2,19,30,31)/t6-,7-,8+,9+,11-,12-/m1/s1. The number of aliphatic hydroxyl groups is 1. The number of carbonyl (C=O) groups is 3. The number of aromatic nitrogens is 2. The van der Waals surface area contributed by atoms with Crippen LogP contribution in [0.1, 0.15) is 26.2 Å². The lowest BCUT2D eigenvalue weighted by Gasteiger charge is -2.46. The Morgan fingerprint density at radius 1 is 1.41 bits per heavy atom. The summed E-state index contributed by atoms with van der Waals surface area (Å²) in [7, 11) is -4.14. The Balaban J connectivity index is 1.37. The second-order valence-electron chi connectivity index (χ2n) is 8.43. The number of amides is 2. The second kappa shape index (κ2) is 8.92. The molecule has 6 atom stereocenters. The van der Waals surface area contributed by atoms with Crippen molar-refractivity contribution in [3.63, 3.8) is 0 Å². The first-order chi connectivity index (χ1) is 15.9. The minimum Gasteiger partial charge on any atom is -0.477 e. The SMILES string of the molecule is C[C@@H](O)[C@H]1C(=O)N2C(C(=O)O)=C(S[C@@H]3CN[C@H](C(=O)NCc4nnc(S(N)(=O)=O)o4)C3)[C@H](C)[C@H]12. The van der Waals surface area contributed by atoms with Crippen molar-refractivity contribution in [2.24, 2.45) is 17.0 Å². The van der Waals surface area contributed by atoms with Crippen LogP contribution in [0.5, 0.6) is 0 Å². The number of carboxylic acid groups (broad SMARTS) is 1. The molecule has 2 amide bonds. The van der Waals surface area contributed by atoms with Crippen molar-refractivity contribution in [2.75, 3.05) is 6.54 Å². The third-order valence-corrected chi connectivity index (χ3v) is 8.28. The van der Waals surface area contributed by atoms with Crippen molar-refractivity contribution >= 4 is 39.6 Å². The summed E-state index contributed by atoms with van der Waals surface area (Å²) in [4.78, 5) is 38.7. The van der Waals surface area contributed by atoms with Gasteiger partial charge in [-0.1, -0.05) is 12.0 Å². The molecule has 3 aliphatic rings. The molecule has 6 N–H and O–H groups in total. The van der Waals surface area contributed by atoms with E-state index < -0.39 is 51.2 Å². The molecule has 186 valence electrons. The summed E-state index contributed by atoms with van der Waals surface area (Å²) >= 11 is 1.32. The summed E-state index contributed by atoms with van der Waals surface area (Å²) in [6, 6.07) is -0.973. The summed E-state index contributed by atoms with van der Waals surface area (Å²) < 4.78 is 27.3. The zero-order chi connectivity index (χ0) is 24.9. The van der Waals surface area contributed by atoms with E-state index in [-0.39, 0.29) is 35.2 Å². The van der Waals surface area contributed by atoms with Gasteiger partial charge in [-0.25, -0.2) is 18.4 Å². The Kier molecular flexibility index (Phi) is 6.45. The number of nitrogens with two attached hydrogens (primary N) is 1. The predicted molar refractivity (Wildman–Crippen MR) is 115 cm³/mol. The third kappa shape index (κ3) is 4.31. The molecule has 0 unspecified atom stereocenters. The van der Waals surface area contributed by atoms with Crippen LogP contribution < -0.4 is 15.8 Å². The molecule has 16 heteroatoms. The number of primary sulfonamides is 1. The van der Waals surface area contributed by atoms with E-state index in [1.165, 1.54) is 23.6 Å². The number of nitrogens with one attached hydrogen (secondary N) is 2. The van der Waals surface area contributed by atoms with Gasteiger partial charge in [-0.15, -0.1) is 16.9 Å². The fourth-order valence-electron chi connectivity index (χ4n) is 4.56. The normalized spacial score (nSPS) is 29.7. The second-order valence-corrected chi connectivity index (χ2v) is 11.2. The number of aliphatic hydroxyl groups excluding tert-OH is 1. The first kappa shape index (κ1) is 24.6. The molecule has 0 bridgehead atoms. The van der Waals surface area contributed by atoms with E-state index in [1.807, 2.05) is 6.92 Å². The number of thioether (sulfide) groups is 1. The quantitative estimate of drug-likeness (QED) is 0.236. The van der Waals surface area contributed by atoms with Crippen molar-refractivity contribution in [3.05, 3.63) is 16.5 Å². The maximum Gasteiger partial charge on any atom is 0.353 e. The van der Waals surface area contributed by atoms with E-state index in [0.717, 1.165) is 0 Å². The molecule has 0 saturated carbocycles. The molecule has 1 aromatic rings. The highest BCUT2D eigenvalue weighted by Gasteiger charge is 2.60. The van der Waals surface area contributed by atoms with Crippen molar-refractivity contribution in [3.8, 4) is 0 Å². The lowest BCUT2D eigenvalue weighted by molar-refractivity contribution is -0.163. The minimum absolute atomic E-state index is 0.0562. The Morgan fingerprint density at radius 3 is 2.71 bits per heavy atom. The molecule has 0 aliphatic carbocycles. The van der Waals surface area contributed by atoms with E-state index in [4.69, 9.17) is 9.56 Å². The first-order valence-electron chi connectivity index (χ1n) is 10.4. The van der Waals surface area contributed by atoms with Gasteiger partial charge in [-0.05, 0) is 13.3 Å². The highest BCUT2D eigenvalue weighted by atomic mass is 32.2. The molecule has 2 saturated heterocycles. The maximum absolute atomic E-state index is 12.5. The van der Waals surface area contributed by atoms with Gasteiger partial charge in [-0.3, -0.25) is 9.59 Å². The molecule has 0 spiro atoms. The summed E-state index contributed by atoms with van der Waals surface area (Å²) in [6.45, 7) is 3.60. The lowest BCUT2D eigenvalue weighted by atomic mass is 9.79. The Labute approximate surface area is 198 Å². The van der Waals surface area contributed by atoms with Gasteiger partial charge in [0.25, 0.3) is 10.0 Å². The number of carboxylic acids is 1. The summed E-state index contributed by atoms with van der Waals surface area (Å²) in [5.74, 6) is -2.99. The summed E-state index contributed by atoms with van der Waals surface area (Å²) in [5.41, 5.74) is -0.0562. The lowest BCUT2D eigenvalue weighted by Crippen LogP contribution is -2.63. The van der Waals surface area contributed by atoms with Crippen LogP contribution in [0.2, 0.25) is 0 Å². The fourth-order valence-corrected chi connectivity index (χ4v) is 6.41. The Morgan fingerprint density at radius 2 is 2.12 bits per heavy atom. The molecule has 2 fully saturated rings. The summed E-state index contributed by atoms with van der Waals surface area (Å²) in [5, 5.41) is 36.2. The number of rotatable bonds is 8. The van der Waals surface area contributed by atoms with Crippen LogP contribution >= 0.6 is 11.8 Å². The van der Waals surface area contributed by atoms with Gasteiger partial charge in [0.15, 0.2) is 0 Å². The number of carbonyl (C=O) groups excluding carboxylic acids is 2. The van der Waals surface area contributed by atoms with Gasteiger partial charge in [0.1, 0.15) is 5.70 Å². The van der Waals surface area contributed by atoms with E-state index in [2.05, 4.69) is 20.8 Å². The molecule has 34 heavy (non-hydrogen) atoms. The molecule has 4 heterocycles. The maximum atomic E-state index is 12.5. The monoisotopic (exact) mass is 516 g/mol. The van der Waals surface area contributed by atoms with E-state index in [0.29, 0.717) is 17.9 Å². The first-order valence-corrected chi connectivity index (χ1v) is 12.8. The van der Waals surface area contributed by atoms with Gasteiger partial charge >= 0.3 is 11.2 Å². The number of hydrogen-bond acceptors (Lipinski definition) is 11. The van der Waals surface area contributed by atoms with Crippen LogP contribution in [-0.2, 0) is 31.0 Å². The molecule has 1 aromatic heterocycles. The van der Waals surface area contributed by atoms with Crippen molar-refractivity contribution < 1.29 is 37.4 Å². The zero-order valence-electron chi connectivity index (χ0n) is 18.2. The van der Waals surface area contributed by atoms with Crippen LogP contribution in [-0.4, -0.2) is 81.5 Å². The smallest absolute Gasteiger partial charge is 0.353 e. The average Bonchev–Trinajstić information content (AvgIpc) is 3.44. The molecule has 4 rings (SSSR count). The molecular formula is C18H24N6O8S2. The third-order valence-electron chi connectivity index (χ3n) is 6.12. The molecule has 3 aliphatic heterocycles. The molecule has 0 radical (unpaired) electrons. The van der Waals surface area contributed by atoms with Crippen molar-refractivity contribution in [2.45, 2.75) is 55.5 Å². The van der Waals surface area contributed by atoms with Gasteiger partial charge in [0, 0.05) is 22.6 Å². The van der Waals surface area contributed by atoms with E-state index >= 15 is 0 Å². The largest absolute Gasteiger partial charge is 0.477 e. The van der Waals surface area contributed by atoms with Crippen molar-refractivity contribution in [1.82, 2.24) is 25.7 Å². The van der Waals surface area contributed by atoms with Gasteiger partial charge in [-0.2, -0.15) is 0 Å². The molecule has 14 nitrogen and oxygen atoms in total. The van der Waals surface area contributed by atoms with Gasteiger partial charge in [0.2, 0.25) is 17.7 Å². The number of nitrogens with zero attached hydrogens (tertiary/aromatic N) is 3. The van der Waals surface area contributed by atoms with Gasteiger partial charge in [0.05, 0.1) is 30.7 Å². The Hall–Kier alpha value is -2.53. The van der Waals surface area contributed by atoms with E-state index in [9.17, 15) is 33.0 Å². The van der Waals surface area contributed by atoms with Crippen LogP contribution in [0, 0.1) is 11.8 Å². The number of β-lactam (4-membered cyclic amide) rings is 1. The summed E-state index contributed by atoms with van der Waals surface area (Å²) in [6.07, 6.45) is -0.485. The van der Waals surface area contributed by atoms with Gasteiger partial charge < -0.3 is 30.2 Å². The Bertz CT molecular complexity index is 1160. The highest BCUT2D eigenvalue weighted by molar-refractivity contribution is 8.03. The molecular weight excluding hydrogens is 492 g/mol. The average molecular weight is 517 g/mol. The molecule has 0 aromatic carbocycles. The zero-order valence-corrected chi connectivity index (χ0v) is 19.8. The van der Waals surface area contributed by atoms with Crippen molar-refractivity contribution in [1.29, 1.82) is 0 Å². The van der Waals surface area contributed by atoms with Crippen LogP contribution in [0.25, 0.3) is 0 Å². The minimum atomic E-state index is -4.14. The van der Waals surface area contributed by atoms with Crippen LogP contribution in [0.4, 0.5) is 0 Å². The van der Waals surface area contributed by atoms with E-state index in [1.54, 1.807) is 0 Å². The topological polar surface area (TPSA) is 218 Å². The van der Waals surface area contributed by atoms with Crippen LogP contribution in [0.15, 0.2) is 20.2 Å². The van der Waals surface area contributed by atoms with Crippen LogP contribution in [0.3, 0.4) is 0 Å². The highest BCUT2D eigenvalue weighted by Crippen LogP contribution is 2.51.